The maximum absolute atomic E-state index is 11.9. The third-order valence-electron chi connectivity index (χ3n) is 2.50. The third kappa shape index (κ3) is 4.03. The molecule has 0 radical (unpaired) electrons. The number of carbonyl (C=O) groups excluding carboxylic acids is 1. The van der Waals surface area contributed by atoms with Gasteiger partial charge in [-0.15, -0.1) is 0 Å². The van der Waals surface area contributed by atoms with Gasteiger partial charge in [-0.1, -0.05) is 0 Å². The van der Waals surface area contributed by atoms with Crippen molar-refractivity contribution < 1.29 is 9.90 Å². The molecule has 0 spiro atoms. The predicted octanol–water partition coefficient (Wildman–Crippen LogP) is 0.966. The van der Waals surface area contributed by atoms with E-state index in [4.69, 9.17) is 5.11 Å². The van der Waals surface area contributed by atoms with E-state index in [1.165, 1.54) is 0 Å². The van der Waals surface area contributed by atoms with Crippen LogP contribution in [0.1, 0.15) is 23.7 Å². The van der Waals surface area contributed by atoms with Crippen molar-refractivity contribution in [3.8, 4) is 0 Å². The lowest BCUT2D eigenvalue weighted by Crippen LogP contribution is -2.29. The molecule has 1 amide bonds. The highest BCUT2D eigenvalue weighted by atomic mass is 16.3. The number of nitrogens with zero attached hydrogens (tertiary/aromatic N) is 2. The van der Waals surface area contributed by atoms with E-state index in [0.29, 0.717) is 18.5 Å². The van der Waals surface area contributed by atoms with Gasteiger partial charge in [-0.25, -0.2) is 4.98 Å². The summed E-state index contributed by atoms with van der Waals surface area (Å²) in [6, 6.07) is 3.50. The molecule has 0 bridgehead atoms. The van der Waals surface area contributed by atoms with Crippen molar-refractivity contribution in [2.24, 2.45) is 0 Å². The Morgan fingerprint density at radius 3 is 2.76 bits per heavy atom. The van der Waals surface area contributed by atoms with E-state index >= 15 is 0 Å². The molecule has 0 aliphatic heterocycles. The van der Waals surface area contributed by atoms with E-state index in [1.54, 1.807) is 44.2 Å². The van der Waals surface area contributed by atoms with Gasteiger partial charge in [0.1, 0.15) is 5.82 Å². The van der Waals surface area contributed by atoms with Crippen molar-refractivity contribution in [1.29, 1.82) is 0 Å². The summed E-state index contributed by atoms with van der Waals surface area (Å²) >= 11 is 0. The number of hydrogen-bond acceptors (Lipinski definition) is 4. The smallest absolute Gasteiger partial charge is 0.255 e. The molecule has 0 saturated carbocycles. The summed E-state index contributed by atoms with van der Waals surface area (Å²) in [6.45, 7) is 2.24. The van der Waals surface area contributed by atoms with E-state index in [-0.39, 0.29) is 5.91 Å². The molecule has 0 aliphatic carbocycles. The van der Waals surface area contributed by atoms with Gasteiger partial charge in [-0.05, 0) is 25.5 Å². The molecule has 0 saturated heterocycles. The average Bonchev–Trinajstić information content (AvgIpc) is 2.35. The summed E-state index contributed by atoms with van der Waals surface area (Å²) in [5, 5.41) is 12.1. The van der Waals surface area contributed by atoms with Crippen molar-refractivity contribution in [3.05, 3.63) is 23.9 Å². The number of amides is 1. The Bertz CT molecular complexity index is 363. The minimum atomic E-state index is -0.393. The van der Waals surface area contributed by atoms with Gasteiger partial charge in [-0.3, -0.25) is 4.79 Å². The van der Waals surface area contributed by atoms with Crippen LogP contribution in [-0.2, 0) is 0 Å². The highest BCUT2D eigenvalue weighted by Gasteiger charge is 2.12. The van der Waals surface area contributed by atoms with Crippen LogP contribution in [0.3, 0.4) is 0 Å². The molecule has 1 aromatic rings. The number of aliphatic hydroxyl groups excluding tert-OH is 1. The zero-order valence-corrected chi connectivity index (χ0v) is 10.5. The van der Waals surface area contributed by atoms with Gasteiger partial charge in [0.2, 0.25) is 0 Å². The van der Waals surface area contributed by atoms with Crippen molar-refractivity contribution in [3.63, 3.8) is 0 Å². The average molecular weight is 237 g/mol. The van der Waals surface area contributed by atoms with Crippen LogP contribution in [0.4, 0.5) is 5.82 Å². The van der Waals surface area contributed by atoms with Crippen LogP contribution in [-0.4, -0.2) is 47.6 Å². The van der Waals surface area contributed by atoms with E-state index < -0.39 is 6.10 Å². The van der Waals surface area contributed by atoms with E-state index in [2.05, 4.69) is 10.3 Å². The fourth-order valence-corrected chi connectivity index (χ4v) is 1.37. The van der Waals surface area contributed by atoms with E-state index in [0.717, 1.165) is 5.82 Å². The van der Waals surface area contributed by atoms with Crippen molar-refractivity contribution in [1.82, 2.24) is 9.88 Å². The molecule has 5 nitrogen and oxygen atoms in total. The fraction of sp³-hybridized carbons (Fsp3) is 0.500. The zero-order chi connectivity index (χ0) is 12.8. The molecular weight excluding hydrogens is 218 g/mol. The first kappa shape index (κ1) is 13.4. The number of nitrogens with one attached hydrogen (secondary N) is 1. The fourth-order valence-electron chi connectivity index (χ4n) is 1.37. The number of anilines is 1. The van der Waals surface area contributed by atoms with E-state index in [1.807, 2.05) is 0 Å². The second kappa shape index (κ2) is 6.20. The first-order valence-corrected chi connectivity index (χ1v) is 5.62. The molecule has 94 valence electrons. The second-order valence-electron chi connectivity index (χ2n) is 4.05. The van der Waals surface area contributed by atoms with Crippen LogP contribution < -0.4 is 5.32 Å². The van der Waals surface area contributed by atoms with Crippen molar-refractivity contribution in [2.75, 3.05) is 26.0 Å². The minimum absolute atomic E-state index is 0.0826. The number of hydrogen-bond donors (Lipinski definition) is 2. The van der Waals surface area contributed by atoms with Gasteiger partial charge in [0, 0.05) is 26.8 Å². The summed E-state index contributed by atoms with van der Waals surface area (Å²) < 4.78 is 0. The molecule has 0 fully saturated rings. The van der Waals surface area contributed by atoms with Crippen LogP contribution >= 0.6 is 0 Å². The number of pyridine rings is 1. The molecule has 17 heavy (non-hydrogen) atoms. The van der Waals surface area contributed by atoms with Crippen molar-refractivity contribution >= 4 is 11.7 Å². The Labute approximate surface area is 101 Å². The first-order chi connectivity index (χ1) is 8.04. The topological polar surface area (TPSA) is 65.5 Å². The molecule has 1 heterocycles. The van der Waals surface area contributed by atoms with Crippen molar-refractivity contribution in [2.45, 2.75) is 19.4 Å². The molecule has 5 heteroatoms. The molecule has 1 atom stereocenters. The Morgan fingerprint density at radius 2 is 2.29 bits per heavy atom. The van der Waals surface area contributed by atoms with Crippen LogP contribution in [0.2, 0.25) is 0 Å². The van der Waals surface area contributed by atoms with Gasteiger partial charge in [0.15, 0.2) is 0 Å². The summed E-state index contributed by atoms with van der Waals surface area (Å²) in [5.41, 5.74) is 0.553. The van der Waals surface area contributed by atoms with Crippen LogP contribution in [0.5, 0.6) is 0 Å². The SMILES string of the molecule is CNc1ccc(C(=O)N(C)CCC(C)O)cn1. The highest BCUT2D eigenvalue weighted by Crippen LogP contribution is 2.07. The minimum Gasteiger partial charge on any atom is -0.393 e. The zero-order valence-electron chi connectivity index (χ0n) is 10.5. The van der Waals surface area contributed by atoms with Crippen LogP contribution in [0.15, 0.2) is 18.3 Å². The predicted molar refractivity (Wildman–Crippen MR) is 67.0 cm³/mol. The Morgan fingerprint density at radius 1 is 1.59 bits per heavy atom. The molecule has 0 aliphatic rings. The number of aromatic nitrogens is 1. The van der Waals surface area contributed by atoms with Crippen LogP contribution in [0.25, 0.3) is 0 Å². The normalized spacial score (nSPS) is 12.0. The lowest BCUT2D eigenvalue weighted by atomic mass is 10.2. The summed E-state index contributed by atoms with van der Waals surface area (Å²) in [5.74, 6) is 0.647. The first-order valence-electron chi connectivity index (χ1n) is 5.62. The monoisotopic (exact) mass is 237 g/mol. The Hall–Kier alpha value is -1.62. The summed E-state index contributed by atoms with van der Waals surface area (Å²) in [6.07, 6.45) is 1.73. The maximum atomic E-state index is 11.9. The van der Waals surface area contributed by atoms with Gasteiger partial charge in [0.05, 0.1) is 11.7 Å². The molecule has 1 aromatic heterocycles. The van der Waals surface area contributed by atoms with Gasteiger partial charge >= 0.3 is 0 Å². The molecular formula is C12H19N3O2. The van der Waals surface area contributed by atoms with Gasteiger partial charge in [0.25, 0.3) is 5.91 Å². The second-order valence-corrected chi connectivity index (χ2v) is 4.05. The van der Waals surface area contributed by atoms with Gasteiger partial charge in [-0.2, -0.15) is 0 Å². The molecule has 1 unspecified atom stereocenters. The maximum Gasteiger partial charge on any atom is 0.255 e. The lowest BCUT2D eigenvalue weighted by Gasteiger charge is -2.17. The Balaban J connectivity index is 2.61. The quantitative estimate of drug-likeness (QED) is 0.800. The highest BCUT2D eigenvalue weighted by molar-refractivity contribution is 5.93. The number of rotatable bonds is 5. The molecule has 0 aromatic carbocycles. The van der Waals surface area contributed by atoms with Gasteiger partial charge < -0.3 is 15.3 Å². The molecule has 2 N–H and O–H groups in total. The van der Waals surface area contributed by atoms with E-state index in [9.17, 15) is 4.79 Å². The number of carbonyl (C=O) groups is 1. The summed E-state index contributed by atoms with van der Waals surface area (Å²) in [7, 11) is 3.50. The summed E-state index contributed by atoms with van der Waals surface area (Å²) in [4.78, 5) is 17.6. The standard InChI is InChI=1S/C12H19N3O2/c1-9(16)6-7-15(3)12(17)10-4-5-11(13-2)14-8-10/h4-5,8-9,16H,6-7H2,1-3H3,(H,13,14). The largest absolute Gasteiger partial charge is 0.393 e. The lowest BCUT2D eigenvalue weighted by molar-refractivity contribution is 0.0768. The number of aliphatic hydroxyl groups is 1. The third-order valence-corrected chi connectivity index (χ3v) is 2.50. The molecule has 1 rings (SSSR count). The Kier molecular flexibility index (Phi) is 4.90. The van der Waals surface area contributed by atoms with Crippen LogP contribution in [0, 0.1) is 0 Å².